The standard InChI is InChI=1S/C5H4BrN3/c6-4-1-2-5(9-7)8-3-4/h1-3,7H. The Balaban J connectivity index is 3.01. The van der Waals surface area contributed by atoms with Crippen LogP contribution in [0.5, 0.6) is 0 Å². The highest BCUT2D eigenvalue weighted by atomic mass is 79.9. The SMILES string of the molecule is N=Nc1ccc(Br)cn1. The molecule has 1 N–H and O–H groups in total. The van der Waals surface area contributed by atoms with E-state index in [0.29, 0.717) is 5.82 Å². The molecule has 0 spiro atoms. The Labute approximate surface area is 60.8 Å². The van der Waals surface area contributed by atoms with Crippen LogP contribution in [0.3, 0.4) is 0 Å². The molecule has 1 heterocycles. The first-order valence-corrected chi connectivity index (χ1v) is 3.11. The molecular formula is C5H4BrN3. The zero-order valence-corrected chi connectivity index (χ0v) is 6.09. The van der Waals surface area contributed by atoms with Crippen LogP contribution in [0, 0.1) is 5.53 Å². The van der Waals surface area contributed by atoms with Gasteiger partial charge < -0.3 is 0 Å². The maximum atomic E-state index is 6.56. The topological polar surface area (TPSA) is 49.1 Å². The summed E-state index contributed by atoms with van der Waals surface area (Å²) in [5.41, 5.74) is 6.56. The smallest absolute Gasteiger partial charge is 0.173 e. The van der Waals surface area contributed by atoms with Gasteiger partial charge >= 0.3 is 0 Å². The van der Waals surface area contributed by atoms with Gasteiger partial charge in [0.1, 0.15) is 0 Å². The van der Waals surface area contributed by atoms with E-state index >= 15 is 0 Å². The van der Waals surface area contributed by atoms with Crippen molar-refractivity contribution < 1.29 is 0 Å². The van der Waals surface area contributed by atoms with Crippen molar-refractivity contribution in [2.75, 3.05) is 0 Å². The summed E-state index contributed by atoms with van der Waals surface area (Å²) in [5, 5.41) is 3.13. The van der Waals surface area contributed by atoms with Crippen LogP contribution in [0.4, 0.5) is 5.82 Å². The van der Waals surface area contributed by atoms with Crippen molar-refractivity contribution in [3.8, 4) is 0 Å². The molecule has 0 saturated carbocycles. The van der Waals surface area contributed by atoms with Crippen LogP contribution >= 0.6 is 15.9 Å². The normalized spacial score (nSPS) is 9.00. The molecule has 9 heavy (non-hydrogen) atoms. The molecule has 0 radical (unpaired) electrons. The predicted molar refractivity (Wildman–Crippen MR) is 36.7 cm³/mol. The van der Waals surface area contributed by atoms with Crippen molar-refractivity contribution in [1.82, 2.24) is 4.98 Å². The van der Waals surface area contributed by atoms with Gasteiger partial charge in [-0.2, -0.15) is 0 Å². The largest absolute Gasteiger partial charge is 0.234 e. The molecule has 0 aliphatic rings. The van der Waals surface area contributed by atoms with E-state index in [1.54, 1.807) is 18.3 Å². The number of aromatic nitrogens is 1. The molecule has 46 valence electrons. The van der Waals surface area contributed by atoms with Crippen molar-refractivity contribution in [2.45, 2.75) is 0 Å². The highest BCUT2D eigenvalue weighted by molar-refractivity contribution is 9.10. The number of hydrogen-bond acceptors (Lipinski definition) is 3. The fourth-order valence-electron chi connectivity index (χ4n) is 0.434. The molecule has 1 rings (SSSR count). The Morgan fingerprint density at radius 1 is 1.56 bits per heavy atom. The monoisotopic (exact) mass is 185 g/mol. The summed E-state index contributed by atoms with van der Waals surface area (Å²) in [5.74, 6) is 0.429. The number of hydrogen-bond donors (Lipinski definition) is 1. The van der Waals surface area contributed by atoms with Gasteiger partial charge in [0, 0.05) is 10.7 Å². The van der Waals surface area contributed by atoms with E-state index in [0.717, 1.165) is 4.47 Å². The molecule has 0 bridgehead atoms. The second kappa shape index (κ2) is 2.68. The van der Waals surface area contributed by atoms with Crippen LogP contribution in [-0.4, -0.2) is 4.98 Å². The van der Waals surface area contributed by atoms with Crippen LogP contribution in [-0.2, 0) is 0 Å². The van der Waals surface area contributed by atoms with Crippen LogP contribution in [0.15, 0.2) is 27.9 Å². The van der Waals surface area contributed by atoms with Crippen LogP contribution in [0.1, 0.15) is 0 Å². The first-order chi connectivity index (χ1) is 4.33. The van der Waals surface area contributed by atoms with Gasteiger partial charge in [0.15, 0.2) is 5.82 Å². The van der Waals surface area contributed by atoms with Gasteiger partial charge in [-0.1, -0.05) is 0 Å². The Kier molecular flexibility index (Phi) is 1.89. The van der Waals surface area contributed by atoms with Crippen molar-refractivity contribution in [3.05, 3.63) is 22.8 Å². The van der Waals surface area contributed by atoms with E-state index < -0.39 is 0 Å². The minimum absolute atomic E-state index is 0.429. The molecule has 4 heteroatoms. The van der Waals surface area contributed by atoms with Gasteiger partial charge in [-0.25, -0.2) is 10.5 Å². The van der Waals surface area contributed by atoms with Crippen molar-refractivity contribution >= 4 is 21.7 Å². The molecule has 0 aromatic carbocycles. The molecule has 3 nitrogen and oxygen atoms in total. The molecule has 0 amide bonds. The molecule has 0 aliphatic carbocycles. The molecule has 1 aromatic heterocycles. The molecule has 0 aliphatic heterocycles. The number of rotatable bonds is 1. The zero-order valence-electron chi connectivity index (χ0n) is 4.50. The fourth-order valence-corrected chi connectivity index (χ4v) is 0.669. The summed E-state index contributed by atoms with van der Waals surface area (Å²) in [7, 11) is 0. The third-order valence-electron chi connectivity index (χ3n) is 0.826. The van der Waals surface area contributed by atoms with Gasteiger partial charge in [-0.15, -0.1) is 5.11 Å². The third-order valence-corrected chi connectivity index (χ3v) is 1.30. The number of halogens is 1. The van der Waals surface area contributed by atoms with Gasteiger partial charge in [-0.3, -0.25) is 0 Å². The lowest BCUT2D eigenvalue weighted by molar-refractivity contribution is 1.09. The lowest BCUT2D eigenvalue weighted by Crippen LogP contribution is -1.69. The number of nitrogens with zero attached hydrogens (tertiary/aromatic N) is 2. The Morgan fingerprint density at radius 2 is 2.33 bits per heavy atom. The molecule has 0 saturated heterocycles. The lowest BCUT2D eigenvalue weighted by Gasteiger charge is -1.87. The molecule has 0 fully saturated rings. The van der Waals surface area contributed by atoms with Crippen LogP contribution in [0.25, 0.3) is 0 Å². The van der Waals surface area contributed by atoms with Crippen molar-refractivity contribution in [3.63, 3.8) is 0 Å². The van der Waals surface area contributed by atoms with Crippen molar-refractivity contribution in [1.29, 1.82) is 5.53 Å². The molecular weight excluding hydrogens is 182 g/mol. The lowest BCUT2D eigenvalue weighted by atomic mass is 10.5. The second-order valence-corrected chi connectivity index (χ2v) is 2.36. The quantitative estimate of drug-likeness (QED) is 0.673. The van der Waals surface area contributed by atoms with E-state index in [1.807, 2.05) is 0 Å². The summed E-state index contributed by atoms with van der Waals surface area (Å²) in [6.45, 7) is 0. The predicted octanol–water partition coefficient (Wildman–Crippen LogP) is 2.51. The summed E-state index contributed by atoms with van der Waals surface area (Å²) in [4.78, 5) is 3.80. The van der Waals surface area contributed by atoms with E-state index in [9.17, 15) is 0 Å². The Bertz CT molecular complexity index is 206. The van der Waals surface area contributed by atoms with Crippen molar-refractivity contribution in [2.24, 2.45) is 5.11 Å². The number of nitrogens with one attached hydrogen (secondary N) is 1. The average molecular weight is 186 g/mol. The van der Waals surface area contributed by atoms with E-state index in [-0.39, 0.29) is 0 Å². The molecule has 0 atom stereocenters. The Hall–Kier alpha value is -0.770. The molecule has 0 unspecified atom stereocenters. The summed E-state index contributed by atoms with van der Waals surface area (Å²) in [6.07, 6.45) is 1.60. The van der Waals surface area contributed by atoms with Crippen LogP contribution < -0.4 is 0 Å². The maximum Gasteiger partial charge on any atom is 0.173 e. The average Bonchev–Trinajstić information content (AvgIpc) is 1.90. The summed E-state index contributed by atoms with van der Waals surface area (Å²) < 4.78 is 0.898. The number of pyridine rings is 1. The van der Waals surface area contributed by atoms with E-state index in [4.69, 9.17) is 5.53 Å². The minimum Gasteiger partial charge on any atom is -0.234 e. The second-order valence-electron chi connectivity index (χ2n) is 1.45. The molecule has 1 aromatic rings. The summed E-state index contributed by atoms with van der Waals surface area (Å²) >= 11 is 3.21. The fraction of sp³-hybridized carbons (Fsp3) is 0. The first-order valence-electron chi connectivity index (χ1n) is 2.32. The van der Waals surface area contributed by atoms with Crippen LogP contribution in [0.2, 0.25) is 0 Å². The zero-order chi connectivity index (χ0) is 6.69. The van der Waals surface area contributed by atoms with Gasteiger partial charge in [0.25, 0.3) is 0 Å². The Morgan fingerprint density at radius 3 is 2.78 bits per heavy atom. The van der Waals surface area contributed by atoms with E-state index in [1.165, 1.54) is 0 Å². The summed E-state index contributed by atoms with van der Waals surface area (Å²) in [6, 6.07) is 3.46. The third kappa shape index (κ3) is 1.57. The highest BCUT2D eigenvalue weighted by Gasteiger charge is 1.87. The highest BCUT2D eigenvalue weighted by Crippen LogP contribution is 2.11. The van der Waals surface area contributed by atoms with Gasteiger partial charge in [0.2, 0.25) is 0 Å². The van der Waals surface area contributed by atoms with Gasteiger partial charge in [0.05, 0.1) is 0 Å². The van der Waals surface area contributed by atoms with Gasteiger partial charge in [-0.05, 0) is 28.1 Å². The maximum absolute atomic E-state index is 6.56. The van der Waals surface area contributed by atoms with E-state index in [2.05, 4.69) is 26.0 Å². The minimum atomic E-state index is 0.429. The first kappa shape index (κ1) is 6.35.